The Balaban J connectivity index is 3.53. The lowest BCUT2D eigenvalue weighted by molar-refractivity contribution is -0.121. The van der Waals surface area contributed by atoms with E-state index < -0.39 is 0 Å². The van der Waals surface area contributed by atoms with Crippen molar-refractivity contribution in [1.82, 2.24) is 5.32 Å². The van der Waals surface area contributed by atoms with E-state index in [2.05, 4.69) is 42.0 Å². The molecule has 2 unspecified atom stereocenters. The number of amides is 1. The van der Waals surface area contributed by atoms with Gasteiger partial charge in [0.15, 0.2) is 0 Å². The summed E-state index contributed by atoms with van der Waals surface area (Å²) in [5.41, 5.74) is 0. The van der Waals surface area contributed by atoms with E-state index in [0.717, 1.165) is 25.8 Å². The van der Waals surface area contributed by atoms with Crippen molar-refractivity contribution in [3.8, 4) is 0 Å². The number of alkyl halides is 1. The van der Waals surface area contributed by atoms with Crippen molar-refractivity contribution < 1.29 is 4.79 Å². The molecule has 0 rings (SSSR count). The van der Waals surface area contributed by atoms with Crippen molar-refractivity contribution in [3.63, 3.8) is 0 Å². The minimum atomic E-state index is 0.180. The average Bonchev–Trinajstić information content (AvgIpc) is 2.15. The Bertz CT molecular complexity index is 161. The highest BCUT2D eigenvalue weighted by Crippen LogP contribution is 2.08. The monoisotopic (exact) mass is 263 g/mol. The van der Waals surface area contributed by atoms with E-state index in [1.54, 1.807) is 0 Å². The molecule has 0 heterocycles. The summed E-state index contributed by atoms with van der Waals surface area (Å²) in [6.07, 6.45) is 3.99. The normalized spacial score (nSPS) is 14.9. The molecule has 0 spiro atoms. The fraction of sp³-hybridized carbons (Fsp3) is 0.909. The van der Waals surface area contributed by atoms with E-state index in [9.17, 15) is 4.79 Å². The van der Waals surface area contributed by atoms with Crippen molar-refractivity contribution in [2.45, 2.75) is 51.3 Å². The van der Waals surface area contributed by atoms with Gasteiger partial charge in [-0.05, 0) is 12.3 Å². The van der Waals surface area contributed by atoms with Crippen molar-refractivity contribution >= 4 is 21.8 Å². The molecular weight excluding hydrogens is 242 g/mol. The third-order valence-electron chi connectivity index (χ3n) is 2.35. The van der Waals surface area contributed by atoms with Crippen molar-refractivity contribution in [2.75, 3.05) is 6.54 Å². The molecule has 0 aromatic rings. The summed E-state index contributed by atoms with van der Waals surface area (Å²) in [6.45, 7) is 7.12. The highest BCUT2D eigenvalue weighted by atomic mass is 79.9. The van der Waals surface area contributed by atoms with Gasteiger partial charge in [-0.1, -0.05) is 49.5 Å². The Morgan fingerprint density at radius 1 is 1.43 bits per heavy atom. The first-order valence-electron chi connectivity index (χ1n) is 5.50. The number of halogens is 1. The van der Waals surface area contributed by atoms with Gasteiger partial charge in [0.2, 0.25) is 5.91 Å². The number of carbonyl (C=O) groups excluding carboxylic acids is 1. The van der Waals surface area contributed by atoms with Crippen molar-refractivity contribution in [1.29, 1.82) is 0 Å². The minimum absolute atomic E-state index is 0.180. The van der Waals surface area contributed by atoms with Gasteiger partial charge in [0.1, 0.15) is 0 Å². The molecule has 84 valence electrons. The molecule has 1 amide bonds. The molecule has 0 fully saturated rings. The van der Waals surface area contributed by atoms with Gasteiger partial charge in [-0.2, -0.15) is 0 Å². The zero-order valence-electron chi connectivity index (χ0n) is 9.48. The van der Waals surface area contributed by atoms with E-state index in [-0.39, 0.29) is 5.91 Å². The molecule has 0 aliphatic carbocycles. The van der Waals surface area contributed by atoms with Gasteiger partial charge in [0, 0.05) is 17.8 Å². The topological polar surface area (TPSA) is 29.1 Å². The predicted octanol–water partition coefficient (Wildman–Crippen LogP) is 3.10. The number of rotatable bonds is 7. The summed E-state index contributed by atoms with van der Waals surface area (Å²) in [6, 6.07) is 0. The Morgan fingerprint density at radius 2 is 2.07 bits per heavy atom. The van der Waals surface area contributed by atoms with Crippen LogP contribution in [0.5, 0.6) is 0 Å². The van der Waals surface area contributed by atoms with Crippen LogP contribution in [0.25, 0.3) is 0 Å². The van der Waals surface area contributed by atoms with Gasteiger partial charge < -0.3 is 5.32 Å². The number of hydrogen-bond acceptors (Lipinski definition) is 1. The highest BCUT2D eigenvalue weighted by Gasteiger charge is 2.08. The smallest absolute Gasteiger partial charge is 0.220 e. The first-order valence-corrected chi connectivity index (χ1v) is 6.42. The van der Waals surface area contributed by atoms with Crippen LogP contribution in [0, 0.1) is 5.92 Å². The molecule has 0 aliphatic rings. The molecule has 0 aliphatic heterocycles. The second-order valence-corrected chi connectivity index (χ2v) is 5.20. The van der Waals surface area contributed by atoms with Crippen molar-refractivity contribution in [3.05, 3.63) is 0 Å². The third-order valence-corrected chi connectivity index (χ3v) is 3.13. The summed E-state index contributed by atoms with van der Waals surface area (Å²) in [4.78, 5) is 11.8. The molecule has 14 heavy (non-hydrogen) atoms. The lowest BCUT2D eigenvalue weighted by Crippen LogP contribution is -2.30. The van der Waals surface area contributed by atoms with Gasteiger partial charge in [-0.15, -0.1) is 0 Å². The fourth-order valence-corrected chi connectivity index (χ4v) is 1.79. The van der Waals surface area contributed by atoms with E-state index in [1.807, 2.05) is 0 Å². The zero-order valence-corrected chi connectivity index (χ0v) is 11.1. The molecule has 1 N–H and O–H groups in total. The van der Waals surface area contributed by atoms with Crippen LogP contribution in [0.3, 0.4) is 0 Å². The maximum Gasteiger partial charge on any atom is 0.220 e. The van der Waals surface area contributed by atoms with Gasteiger partial charge in [0.05, 0.1) is 0 Å². The highest BCUT2D eigenvalue weighted by molar-refractivity contribution is 9.09. The third kappa shape index (κ3) is 7.36. The van der Waals surface area contributed by atoms with E-state index in [1.165, 1.54) is 0 Å². The van der Waals surface area contributed by atoms with Crippen LogP contribution >= 0.6 is 15.9 Å². The van der Waals surface area contributed by atoms with Gasteiger partial charge in [-0.25, -0.2) is 0 Å². The molecule has 2 nitrogen and oxygen atoms in total. The quantitative estimate of drug-likeness (QED) is 0.703. The Labute approximate surface area is 96.0 Å². The van der Waals surface area contributed by atoms with Crippen LogP contribution in [-0.2, 0) is 4.79 Å². The van der Waals surface area contributed by atoms with Crippen LogP contribution in [-0.4, -0.2) is 17.3 Å². The maximum absolute atomic E-state index is 11.4. The summed E-state index contributed by atoms with van der Waals surface area (Å²) in [5.74, 6) is 0.676. The molecule has 0 aromatic carbocycles. The Kier molecular flexibility index (Phi) is 8.24. The van der Waals surface area contributed by atoms with Gasteiger partial charge in [0.25, 0.3) is 0 Å². The standard InChI is InChI=1S/C11H22BrNO/c1-4-6-10(12)8-13-11(14)7-9(3)5-2/h9-10H,4-8H2,1-3H3,(H,13,14). The molecule has 2 atom stereocenters. The van der Waals surface area contributed by atoms with Gasteiger partial charge >= 0.3 is 0 Å². The van der Waals surface area contributed by atoms with Crippen molar-refractivity contribution in [2.24, 2.45) is 5.92 Å². The average molecular weight is 264 g/mol. The predicted molar refractivity (Wildman–Crippen MR) is 64.7 cm³/mol. The summed E-state index contributed by atoms with van der Waals surface area (Å²) >= 11 is 3.54. The molecule has 0 radical (unpaired) electrons. The summed E-state index contributed by atoms with van der Waals surface area (Å²) in [5, 5.41) is 2.95. The molecule has 0 bridgehead atoms. The molecule has 0 saturated heterocycles. The molecule has 0 saturated carbocycles. The molecule has 0 aromatic heterocycles. The fourth-order valence-electron chi connectivity index (χ4n) is 1.17. The first kappa shape index (κ1) is 13.9. The first-order chi connectivity index (χ1) is 6.60. The largest absolute Gasteiger partial charge is 0.355 e. The lowest BCUT2D eigenvalue weighted by atomic mass is 10.1. The Hall–Kier alpha value is -0.0500. The van der Waals surface area contributed by atoms with Gasteiger partial charge in [-0.3, -0.25) is 4.79 Å². The van der Waals surface area contributed by atoms with E-state index in [0.29, 0.717) is 17.2 Å². The second kappa shape index (κ2) is 8.27. The number of nitrogens with one attached hydrogen (secondary N) is 1. The minimum Gasteiger partial charge on any atom is -0.355 e. The van der Waals surface area contributed by atoms with Crippen LogP contribution in [0.15, 0.2) is 0 Å². The zero-order chi connectivity index (χ0) is 11.0. The number of hydrogen-bond donors (Lipinski definition) is 1. The van der Waals surface area contributed by atoms with Crippen LogP contribution in [0.2, 0.25) is 0 Å². The SMILES string of the molecule is CCCC(Br)CNC(=O)CC(C)CC. The molecular formula is C11H22BrNO. The van der Waals surface area contributed by atoms with Crippen LogP contribution in [0.4, 0.5) is 0 Å². The summed E-state index contributed by atoms with van der Waals surface area (Å²) < 4.78 is 0. The van der Waals surface area contributed by atoms with E-state index >= 15 is 0 Å². The van der Waals surface area contributed by atoms with Crippen LogP contribution < -0.4 is 5.32 Å². The van der Waals surface area contributed by atoms with Crippen LogP contribution in [0.1, 0.15) is 46.5 Å². The summed E-state index contributed by atoms with van der Waals surface area (Å²) in [7, 11) is 0. The number of carbonyl (C=O) groups is 1. The maximum atomic E-state index is 11.4. The Morgan fingerprint density at radius 3 is 2.57 bits per heavy atom. The second-order valence-electron chi connectivity index (χ2n) is 3.91. The molecule has 3 heteroatoms. The van der Waals surface area contributed by atoms with E-state index in [4.69, 9.17) is 0 Å². The lowest BCUT2D eigenvalue weighted by Gasteiger charge is -2.12.